The molecule has 0 bridgehead atoms. The van der Waals surface area contributed by atoms with Gasteiger partial charge in [-0.3, -0.25) is 0 Å². The van der Waals surface area contributed by atoms with E-state index in [0.29, 0.717) is 5.92 Å². The summed E-state index contributed by atoms with van der Waals surface area (Å²) in [6.45, 7) is 0. The number of hydrogen-bond acceptors (Lipinski definition) is 1. The van der Waals surface area contributed by atoms with Crippen molar-refractivity contribution >= 4 is 17.8 Å². The molecule has 1 saturated heterocycles. The van der Waals surface area contributed by atoms with Gasteiger partial charge in [0.05, 0.1) is 0 Å². The highest BCUT2D eigenvalue weighted by molar-refractivity contribution is 8.03. The van der Waals surface area contributed by atoms with Crippen molar-refractivity contribution in [2.24, 2.45) is 0 Å². The third kappa shape index (κ3) is 1.24. The van der Waals surface area contributed by atoms with Crippen LogP contribution in [0.5, 0.6) is 0 Å². The summed E-state index contributed by atoms with van der Waals surface area (Å²) in [6, 6.07) is 8.76. The van der Waals surface area contributed by atoms with Crippen LogP contribution in [0.3, 0.4) is 0 Å². The summed E-state index contributed by atoms with van der Waals surface area (Å²) in [5.41, 5.74) is 2.91. The first-order valence-corrected chi connectivity index (χ1v) is 6.04. The molecule has 0 saturated carbocycles. The average Bonchev–Trinajstić information content (AvgIpc) is 2.61. The normalized spacial score (nSPS) is 23.7. The highest BCUT2D eigenvalue weighted by Crippen LogP contribution is 2.45. The predicted octanol–water partition coefficient (Wildman–Crippen LogP) is 3.82. The Hall–Kier alpha value is -0.950. The monoisotopic (exact) mass is 200 g/mol. The van der Waals surface area contributed by atoms with Gasteiger partial charge >= 0.3 is 0 Å². The molecule has 1 aromatic carbocycles. The second-order valence-corrected chi connectivity index (χ2v) is 4.92. The largest absolute Gasteiger partial charge is 0.130 e. The van der Waals surface area contributed by atoms with Crippen LogP contribution in [0.1, 0.15) is 23.5 Å². The molecule has 1 atom stereocenters. The third-order valence-corrected chi connectivity index (χ3v) is 4.12. The first-order valence-electron chi connectivity index (χ1n) is 5.05. The van der Waals surface area contributed by atoms with Gasteiger partial charge in [-0.1, -0.05) is 42.5 Å². The lowest BCUT2D eigenvalue weighted by atomic mass is 9.93. The minimum Gasteiger partial charge on any atom is -0.130 e. The summed E-state index contributed by atoms with van der Waals surface area (Å²) in [6.07, 6.45) is 7.99. The molecule has 1 heterocycles. The van der Waals surface area contributed by atoms with Crippen molar-refractivity contribution in [1.29, 1.82) is 0 Å². The van der Waals surface area contributed by atoms with Gasteiger partial charge in [0.25, 0.3) is 0 Å². The Labute approximate surface area is 88.7 Å². The first kappa shape index (κ1) is 8.37. The average molecular weight is 200 g/mol. The van der Waals surface area contributed by atoms with Crippen molar-refractivity contribution in [2.75, 3.05) is 5.75 Å². The van der Waals surface area contributed by atoms with E-state index in [2.05, 4.69) is 42.5 Å². The van der Waals surface area contributed by atoms with Gasteiger partial charge < -0.3 is 0 Å². The summed E-state index contributed by atoms with van der Waals surface area (Å²) >= 11 is 2.01. The van der Waals surface area contributed by atoms with Crippen LogP contribution in [-0.4, -0.2) is 5.75 Å². The molecule has 0 nitrogen and oxygen atoms in total. The fraction of sp³-hybridized carbons (Fsp3) is 0.231. The van der Waals surface area contributed by atoms with Crippen LogP contribution >= 0.6 is 11.8 Å². The van der Waals surface area contributed by atoms with Crippen LogP contribution in [0.15, 0.2) is 41.3 Å². The minimum atomic E-state index is 0.672. The highest BCUT2D eigenvalue weighted by atomic mass is 32.2. The number of benzene rings is 1. The van der Waals surface area contributed by atoms with E-state index in [9.17, 15) is 0 Å². The van der Waals surface area contributed by atoms with Crippen molar-refractivity contribution in [3.05, 3.63) is 52.4 Å². The van der Waals surface area contributed by atoms with Crippen LogP contribution in [0.4, 0.5) is 0 Å². The Morgan fingerprint density at radius 1 is 1.21 bits per heavy atom. The van der Waals surface area contributed by atoms with Gasteiger partial charge in [-0.05, 0) is 28.2 Å². The van der Waals surface area contributed by atoms with Gasteiger partial charge in [0.1, 0.15) is 0 Å². The molecule has 1 aromatic rings. The van der Waals surface area contributed by atoms with Crippen molar-refractivity contribution in [3.63, 3.8) is 0 Å². The maximum absolute atomic E-state index is 2.28. The second-order valence-electron chi connectivity index (χ2n) is 3.75. The van der Waals surface area contributed by atoms with E-state index in [1.165, 1.54) is 23.3 Å². The number of allylic oxidation sites excluding steroid dienone is 3. The maximum Gasteiger partial charge on any atom is 0.0163 e. The molecule has 70 valence electrons. The van der Waals surface area contributed by atoms with Gasteiger partial charge in [0.2, 0.25) is 0 Å². The molecule has 0 aromatic heterocycles. The summed E-state index contributed by atoms with van der Waals surface area (Å²) in [5.74, 6) is 1.95. The number of fused-ring (bicyclic) bond motifs is 3. The van der Waals surface area contributed by atoms with Crippen molar-refractivity contribution in [1.82, 2.24) is 0 Å². The van der Waals surface area contributed by atoms with Gasteiger partial charge in [0.15, 0.2) is 0 Å². The first-order chi connectivity index (χ1) is 6.95. The number of hydrogen-bond donors (Lipinski definition) is 0. The summed E-state index contributed by atoms with van der Waals surface area (Å²) < 4.78 is 0. The molecular weight excluding hydrogens is 188 g/mol. The van der Waals surface area contributed by atoms with E-state index < -0.39 is 0 Å². The lowest BCUT2D eigenvalue weighted by Gasteiger charge is -2.12. The molecule has 2 aliphatic rings. The van der Waals surface area contributed by atoms with Crippen molar-refractivity contribution < 1.29 is 0 Å². The Kier molecular flexibility index (Phi) is 1.98. The fourth-order valence-corrected chi connectivity index (χ4v) is 3.45. The highest BCUT2D eigenvalue weighted by Gasteiger charge is 2.25. The lowest BCUT2D eigenvalue weighted by molar-refractivity contribution is 0.828. The SMILES string of the molecule is C1=Cc2ccccc2C2CCSC2=C1. The smallest absolute Gasteiger partial charge is 0.0163 e. The molecule has 1 fully saturated rings. The quantitative estimate of drug-likeness (QED) is 0.613. The van der Waals surface area contributed by atoms with Crippen LogP contribution < -0.4 is 0 Å². The molecule has 0 radical (unpaired) electrons. The standard InChI is InChI=1S/C13H12S/c1-2-6-11-10(4-1)5-3-7-13-12(11)8-9-14-13/h1-7,12H,8-9H2. The molecule has 1 unspecified atom stereocenters. The predicted molar refractivity (Wildman–Crippen MR) is 63.4 cm³/mol. The Morgan fingerprint density at radius 2 is 2.14 bits per heavy atom. The molecular formula is C13H12S. The van der Waals surface area contributed by atoms with E-state index in [-0.39, 0.29) is 0 Å². The van der Waals surface area contributed by atoms with E-state index in [0.717, 1.165) is 0 Å². The maximum atomic E-state index is 2.28. The van der Waals surface area contributed by atoms with Crippen LogP contribution in [0.25, 0.3) is 6.08 Å². The van der Waals surface area contributed by atoms with Crippen molar-refractivity contribution in [2.45, 2.75) is 12.3 Å². The van der Waals surface area contributed by atoms with Crippen LogP contribution in [0.2, 0.25) is 0 Å². The van der Waals surface area contributed by atoms with Crippen molar-refractivity contribution in [3.8, 4) is 0 Å². The van der Waals surface area contributed by atoms with E-state index in [1.807, 2.05) is 11.8 Å². The molecule has 1 heteroatoms. The van der Waals surface area contributed by atoms with E-state index in [4.69, 9.17) is 0 Å². The molecule has 14 heavy (non-hydrogen) atoms. The third-order valence-electron chi connectivity index (χ3n) is 2.93. The number of thioether (sulfide) groups is 1. The molecule has 3 rings (SSSR count). The molecule has 0 spiro atoms. The van der Waals surface area contributed by atoms with Gasteiger partial charge in [0, 0.05) is 5.92 Å². The van der Waals surface area contributed by atoms with E-state index in [1.54, 1.807) is 4.91 Å². The molecule has 0 N–H and O–H groups in total. The zero-order valence-corrected chi connectivity index (χ0v) is 8.76. The Morgan fingerprint density at radius 3 is 3.14 bits per heavy atom. The van der Waals surface area contributed by atoms with Gasteiger partial charge in [-0.25, -0.2) is 0 Å². The lowest BCUT2D eigenvalue weighted by Crippen LogP contribution is -1.96. The topological polar surface area (TPSA) is 0 Å². The van der Waals surface area contributed by atoms with Crippen LogP contribution in [-0.2, 0) is 0 Å². The summed E-state index contributed by atoms with van der Waals surface area (Å²) in [5, 5.41) is 0. The van der Waals surface area contributed by atoms with Gasteiger partial charge in [-0.2, -0.15) is 0 Å². The van der Waals surface area contributed by atoms with Gasteiger partial charge in [-0.15, -0.1) is 11.8 Å². The summed E-state index contributed by atoms with van der Waals surface area (Å²) in [4.78, 5) is 1.55. The molecule has 0 amide bonds. The minimum absolute atomic E-state index is 0.672. The van der Waals surface area contributed by atoms with Crippen LogP contribution in [0, 0.1) is 0 Å². The van der Waals surface area contributed by atoms with E-state index >= 15 is 0 Å². The zero-order valence-electron chi connectivity index (χ0n) is 7.94. The second kappa shape index (κ2) is 3.32. The fourth-order valence-electron chi connectivity index (χ4n) is 2.24. The Balaban J connectivity index is 2.17. The Bertz CT molecular complexity index is 415. The number of rotatable bonds is 0. The zero-order chi connectivity index (χ0) is 9.38. The molecule has 1 aliphatic heterocycles. The summed E-state index contributed by atoms with van der Waals surface area (Å²) in [7, 11) is 0. The molecule has 1 aliphatic carbocycles.